The summed E-state index contributed by atoms with van der Waals surface area (Å²) in [5.74, 6) is 0.958. The van der Waals surface area contributed by atoms with Crippen molar-refractivity contribution in [1.82, 2.24) is 15.5 Å². The van der Waals surface area contributed by atoms with Crippen LogP contribution in [-0.4, -0.2) is 55.7 Å². The van der Waals surface area contributed by atoms with E-state index in [-0.39, 0.29) is 0 Å². The number of likely N-dealkylation sites (tertiary alicyclic amines) is 1. The third-order valence-electron chi connectivity index (χ3n) is 6.57. The third-order valence-corrected chi connectivity index (χ3v) is 6.57. The van der Waals surface area contributed by atoms with E-state index in [2.05, 4.69) is 63.8 Å². The Hall–Kier alpha value is -2.01. The second-order valence-electron chi connectivity index (χ2n) is 8.63. The maximum atomic E-state index is 4.89. The van der Waals surface area contributed by atoms with Crippen LogP contribution in [0.3, 0.4) is 0 Å². The van der Waals surface area contributed by atoms with E-state index in [1.54, 1.807) is 0 Å². The molecule has 1 aromatic rings. The molecule has 0 amide bonds. The number of guanidine groups is 1. The summed E-state index contributed by atoms with van der Waals surface area (Å²) < 4.78 is 0. The fourth-order valence-corrected chi connectivity index (χ4v) is 4.90. The molecule has 0 radical (unpaired) electrons. The predicted molar refractivity (Wildman–Crippen MR) is 123 cm³/mol. The van der Waals surface area contributed by atoms with Gasteiger partial charge in [-0.25, -0.2) is 4.99 Å². The van der Waals surface area contributed by atoms with E-state index in [9.17, 15) is 0 Å². The number of nitrogens with zero attached hydrogens (tertiary/aromatic N) is 3. The molecule has 0 unspecified atom stereocenters. The highest BCUT2D eigenvalue weighted by Crippen LogP contribution is 2.26. The SMILES string of the molecule is CCNC(=NCc1cccc(N2CC=CC2)c1)NC1CCN(C2CCCC2)CC1. The zero-order valence-electron chi connectivity index (χ0n) is 17.9. The summed E-state index contributed by atoms with van der Waals surface area (Å²) in [5, 5.41) is 7.14. The molecule has 0 aromatic heterocycles. The third kappa shape index (κ3) is 5.53. The number of hydrogen-bond donors (Lipinski definition) is 2. The minimum Gasteiger partial charge on any atom is -0.364 e. The molecule has 2 aliphatic heterocycles. The molecule has 3 aliphatic rings. The van der Waals surface area contributed by atoms with E-state index < -0.39 is 0 Å². The van der Waals surface area contributed by atoms with E-state index in [0.717, 1.165) is 31.6 Å². The monoisotopic (exact) mass is 395 g/mol. The number of aliphatic imine (C=N–C) groups is 1. The second-order valence-corrected chi connectivity index (χ2v) is 8.63. The highest BCUT2D eigenvalue weighted by Gasteiger charge is 2.27. The molecule has 29 heavy (non-hydrogen) atoms. The molecule has 1 saturated heterocycles. The van der Waals surface area contributed by atoms with E-state index >= 15 is 0 Å². The molecular weight excluding hydrogens is 358 g/mol. The smallest absolute Gasteiger partial charge is 0.191 e. The Balaban J connectivity index is 1.30. The summed E-state index contributed by atoms with van der Waals surface area (Å²) in [7, 11) is 0. The molecule has 2 N–H and O–H groups in total. The van der Waals surface area contributed by atoms with Crippen LogP contribution in [0.4, 0.5) is 5.69 Å². The fraction of sp³-hybridized carbons (Fsp3) is 0.625. The van der Waals surface area contributed by atoms with Crippen molar-refractivity contribution in [2.45, 2.75) is 64.1 Å². The molecule has 2 heterocycles. The van der Waals surface area contributed by atoms with Gasteiger partial charge < -0.3 is 20.4 Å². The summed E-state index contributed by atoms with van der Waals surface area (Å²) in [6.07, 6.45) is 12.6. The van der Waals surface area contributed by atoms with Gasteiger partial charge >= 0.3 is 0 Å². The molecule has 0 spiro atoms. The number of benzene rings is 1. The summed E-state index contributed by atoms with van der Waals surface area (Å²) in [6, 6.07) is 10.2. The van der Waals surface area contributed by atoms with Crippen molar-refractivity contribution < 1.29 is 0 Å². The molecule has 1 aromatic carbocycles. The molecule has 5 heteroatoms. The molecule has 2 fully saturated rings. The molecule has 1 saturated carbocycles. The standard InChI is InChI=1S/C24H37N5/c1-2-25-24(27-21-12-16-29(17-13-21)22-9-3-4-10-22)26-19-20-8-7-11-23(18-20)28-14-5-6-15-28/h5-8,11,18,21-22H,2-4,9-10,12-17,19H2,1H3,(H2,25,26,27). The lowest BCUT2D eigenvalue weighted by Gasteiger charge is -2.36. The lowest BCUT2D eigenvalue weighted by molar-refractivity contribution is 0.150. The Kier molecular flexibility index (Phi) is 7.09. The first-order valence-electron chi connectivity index (χ1n) is 11.6. The van der Waals surface area contributed by atoms with Crippen molar-refractivity contribution in [2.24, 2.45) is 4.99 Å². The van der Waals surface area contributed by atoms with Gasteiger partial charge in [0.1, 0.15) is 0 Å². The number of piperidine rings is 1. The molecular formula is C24H37N5. The van der Waals surface area contributed by atoms with Crippen LogP contribution in [-0.2, 0) is 6.54 Å². The maximum Gasteiger partial charge on any atom is 0.191 e. The van der Waals surface area contributed by atoms with Crippen LogP contribution < -0.4 is 15.5 Å². The Morgan fingerprint density at radius 2 is 1.83 bits per heavy atom. The van der Waals surface area contributed by atoms with Crippen molar-refractivity contribution in [2.75, 3.05) is 37.6 Å². The molecule has 1 aliphatic carbocycles. The zero-order valence-corrected chi connectivity index (χ0v) is 17.9. The summed E-state index contributed by atoms with van der Waals surface area (Å²) in [5.41, 5.74) is 2.56. The fourth-order valence-electron chi connectivity index (χ4n) is 4.90. The van der Waals surface area contributed by atoms with Crippen LogP contribution in [0.15, 0.2) is 41.4 Å². The van der Waals surface area contributed by atoms with Gasteiger partial charge in [0.05, 0.1) is 6.54 Å². The highest BCUT2D eigenvalue weighted by molar-refractivity contribution is 5.80. The number of hydrogen-bond acceptors (Lipinski definition) is 3. The first-order valence-corrected chi connectivity index (χ1v) is 11.6. The quantitative estimate of drug-likeness (QED) is 0.439. The zero-order chi connectivity index (χ0) is 19.9. The molecule has 4 rings (SSSR count). The first kappa shape index (κ1) is 20.3. The van der Waals surface area contributed by atoms with E-state index in [1.165, 1.54) is 62.9 Å². The Morgan fingerprint density at radius 3 is 2.55 bits per heavy atom. The van der Waals surface area contributed by atoms with Gasteiger partial charge in [0.2, 0.25) is 0 Å². The van der Waals surface area contributed by atoms with Crippen molar-refractivity contribution >= 4 is 11.6 Å². The van der Waals surface area contributed by atoms with Crippen LogP contribution in [0, 0.1) is 0 Å². The van der Waals surface area contributed by atoms with Crippen molar-refractivity contribution in [1.29, 1.82) is 0 Å². The van der Waals surface area contributed by atoms with Gasteiger partial charge in [-0.1, -0.05) is 37.1 Å². The second kappa shape index (κ2) is 10.1. The minimum atomic E-state index is 0.535. The van der Waals surface area contributed by atoms with Crippen LogP contribution in [0.25, 0.3) is 0 Å². The normalized spacial score (nSPS) is 21.8. The van der Waals surface area contributed by atoms with Gasteiger partial charge in [-0.2, -0.15) is 0 Å². The van der Waals surface area contributed by atoms with E-state index in [1.807, 2.05) is 0 Å². The molecule has 0 bridgehead atoms. The molecule has 158 valence electrons. The Bertz CT molecular complexity index is 691. The van der Waals surface area contributed by atoms with Gasteiger partial charge in [0.15, 0.2) is 5.96 Å². The number of rotatable bonds is 6. The van der Waals surface area contributed by atoms with Crippen LogP contribution in [0.2, 0.25) is 0 Å². The van der Waals surface area contributed by atoms with Crippen molar-refractivity contribution in [3.05, 3.63) is 42.0 Å². The van der Waals surface area contributed by atoms with Gasteiger partial charge in [-0.3, -0.25) is 0 Å². The largest absolute Gasteiger partial charge is 0.364 e. The lowest BCUT2D eigenvalue weighted by Crippen LogP contribution is -2.50. The van der Waals surface area contributed by atoms with Crippen molar-refractivity contribution in [3.63, 3.8) is 0 Å². The first-order chi connectivity index (χ1) is 14.3. The average Bonchev–Trinajstić information content (AvgIpc) is 3.47. The number of anilines is 1. The van der Waals surface area contributed by atoms with E-state index in [4.69, 9.17) is 4.99 Å². The van der Waals surface area contributed by atoms with Crippen molar-refractivity contribution in [3.8, 4) is 0 Å². The van der Waals surface area contributed by atoms with Gasteiger partial charge in [0, 0.05) is 50.5 Å². The average molecular weight is 396 g/mol. The molecule has 5 nitrogen and oxygen atoms in total. The van der Waals surface area contributed by atoms with E-state index in [0.29, 0.717) is 12.6 Å². The Labute approximate surface area is 176 Å². The summed E-state index contributed by atoms with van der Waals surface area (Å²) >= 11 is 0. The summed E-state index contributed by atoms with van der Waals surface area (Å²) in [6.45, 7) is 8.23. The van der Waals surface area contributed by atoms with Gasteiger partial charge in [0.25, 0.3) is 0 Å². The predicted octanol–water partition coefficient (Wildman–Crippen LogP) is 3.52. The van der Waals surface area contributed by atoms with Crippen LogP contribution >= 0.6 is 0 Å². The number of nitrogens with one attached hydrogen (secondary N) is 2. The van der Waals surface area contributed by atoms with Crippen LogP contribution in [0.1, 0.15) is 51.0 Å². The summed E-state index contributed by atoms with van der Waals surface area (Å²) in [4.78, 5) is 10.0. The highest BCUT2D eigenvalue weighted by atomic mass is 15.2. The Morgan fingerprint density at radius 1 is 1.07 bits per heavy atom. The minimum absolute atomic E-state index is 0.535. The molecule has 0 atom stereocenters. The van der Waals surface area contributed by atoms with Gasteiger partial charge in [-0.15, -0.1) is 0 Å². The maximum absolute atomic E-state index is 4.89. The topological polar surface area (TPSA) is 42.9 Å². The van der Waals surface area contributed by atoms with Crippen LogP contribution in [0.5, 0.6) is 0 Å². The lowest BCUT2D eigenvalue weighted by atomic mass is 10.0. The van der Waals surface area contributed by atoms with Gasteiger partial charge in [-0.05, 0) is 50.3 Å².